The number of halogens is 4. The van der Waals surface area contributed by atoms with Crippen LogP contribution in [0.15, 0.2) is 41.4 Å². The number of amides is 1. The number of alkyl halides is 3. The topological polar surface area (TPSA) is 75.5 Å². The number of rotatable bonds is 4. The van der Waals surface area contributed by atoms with Crippen LogP contribution in [0.5, 0.6) is 0 Å². The van der Waals surface area contributed by atoms with Gasteiger partial charge in [0.05, 0.1) is 4.90 Å². The van der Waals surface area contributed by atoms with Gasteiger partial charge in [-0.3, -0.25) is 9.48 Å². The minimum atomic E-state index is -4.57. The number of hydrogen-bond acceptors (Lipinski definition) is 4. The number of benzene rings is 1. The fraction of sp³-hybridized carbons (Fsp3) is 0.375. The molecular formula is C16H16ClF3N4O3S. The lowest BCUT2D eigenvalue weighted by Crippen LogP contribution is -2.51. The third-order valence-electron chi connectivity index (χ3n) is 4.27. The lowest BCUT2D eigenvalue weighted by Gasteiger charge is -2.34. The molecule has 1 aromatic heterocycles. The van der Waals surface area contributed by atoms with Gasteiger partial charge in [0, 0.05) is 37.4 Å². The number of sulfonamides is 1. The third kappa shape index (κ3) is 4.47. The molecule has 28 heavy (non-hydrogen) atoms. The molecule has 1 fully saturated rings. The van der Waals surface area contributed by atoms with E-state index in [1.54, 1.807) is 0 Å². The standard InChI is InChI=1S/C16H16ClF3N4O3S/c17-12-1-3-13(4-2-12)28(26,27)24-9-7-22(8-10-24)15(25)11-23-6-5-14(21-23)16(18,19)20/h1-6H,7-11H2. The van der Waals surface area contributed by atoms with Crippen LogP contribution in [0.4, 0.5) is 13.2 Å². The number of hydrogen-bond donors (Lipinski definition) is 0. The van der Waals surface area contributed by atoms with Crippen LogP contribution in [0.1, 0.15) is 5.69 Å². The van der Waals surface area contributed by atoms with E-state index in [1.165, 1.54) is 33.5 Å². The molecule has 12 heteroatoms. The maximum absolute atomic E-state index is 12.6. The highest BCUT2D eigenvalue weighted by Crippen LogP contribution is 2.27. The van der Waals surface area contributed by atoms with Gasteiger partial charge in [0.2, 0.25) is 15.9 Å². The minimum absolute atomic E-state index is 0.0869. The van der Waals surface area contributed by atoms with E-state index in [-0.39, 0.29) is 37.6 Å². The SMILES string of the molecule is O=C(Cn1ccc(C(F)(F)F)n1)N1CCN(S(=O)(=O)c2ccc(Cl)cc2)CC1. The summed E-state index contributed by atoms with van der Waals surface area (Å²) in [4.78, 5) is 13.8. The summed E-state index contributed by atoms with van der Waals surface area (Å²) in [5.74, 6) is -0.430. The van der Waals surface area contributed by atoms with E-state index >= 15 is 0 Å². The smallest absolute Gasteiger partial charge is 0.338 e. The van der Waals surface area contributed by atoms with Crippen molar-refractivity contribution in [2.45, 2.75) is 17.6 Å². The molecule has 0 spiro atoms. The summed E-state index contributed by atoms with van der Waals surface area (Å²) < 4.78 is 65.1. The molecule has 1 saturated heterocycles. The molecule has 1 aromatic carbocycles. The molecule has 152 valence electrons. The van der Waals surface area contributed by atoms with Crippen molar-refractivity contribution in [1.29, 1.82) is 0 Å². The Morgan fingerprint density at radius 3 is 2.21 bits per heavy atom. The fourth-order valence-electron chi connectivity index (χ4n) is 2.77. The summed E-state index contributed by atoms with van der Waals surface area (Å²) >= 11 is 5.77. The van der Waals surface area contributed by atoms with Gasteiger partial charge in [-0.05, 0) is 30.3 Å². The van der Waals surface area contributed by atoms with Crippen molar-refractivity contribution in [3.05, 3.63) is 47.2 Å². The van der Waals surface area contributed by atoms with E-state index in [4.69, 9.17) is 11.6 Å². The van der Waals surface area contributed by atoms with E-state index < -0.39 is 27.8 Å². The van der Waals surface area contributed by atoms with Crippen LogP contribution in [-0.4, -0.2) is 59.5 Å². The molecule has 0 atom stereocenters. The van der Waals surface area contributed by atoms with Gasteiger partial charge < -0.3 is 4.90 Å². The first-order valence-corrected chi connectivity index (χ1v) is 10.0. The predicted molar refractivity (Wildman–Crippen MR) is 94.0 cm³/mol. The molecule has 2 aromatic rings. The van der Waals surface area contributed by atoms with Crippen molar-refractivity contribution < 1.29 is 26.4 Å². The Hall–Kier alpha value is -2.11. The molecule has 1 amide bonds. The highest BCUT2D eigenvalue weighted by atomic mass is 35.5. The number of nitrogens with zero attached hydrogens (tertiary/aromatic N) is 4. The van der Waals surface area contributed by atoms with Crippen LogP contribution in [0.3, 0.4) is 0 Å². The van der Waals surface area contributed by atoms with E-state index in [0.717, 1.165) is 16.9 Å². The van der Waals surface area contributed by atoms with Crippen LogP contribution >= 0.6 is 11.6 Å². The normalized spacial score (nSPS) is 16.4. The van der Waals surface area contributed by atoms with Crippen molar-refractivity contribution >= 4 is 27.5 Å². The van der Waals surface area contributed by atoms with Gasteiger partial charge in [0.25, 0.3) is 0 Å². The van der Waals surface area contributed by atoms with Crippen molar-refractivity contribution in [1.82, 2.24) is 19.0 Å². The highest BCUT2D eigenvalue weighted by molar-refractivity contribution is 7.89. The largest absolute Gasteiger partial charge is 0.435 e. The molecule has 3 rings (SSSR count). The highest BCUT2D eigenvalue weighted by Gasteiger charge is 2.34. The first-order chi connectivity index (χ1) is 13.1. The molecule has 1 aliphatic rings. The predicted octanol–water partition coefficient (Wildman–Crippen LogP) is 2.09. The Kier molecular flexibility index (Phi) is 5.69. The maximum Gasteiger partial charge on any atom is 0.435 e. The molecular weight excluding hydrogens is 421 g/mol. The monoisotopic (exact) mass is 436 g/mol. The van der Waals surface area contributed by atoms with Gasteiger partial charge >= 0.3 is 6.18 Å². The number of carbonyl (C=O) groups is 1. The lowest BCUT2D eigenvalue weighted by atomic mass is 10.3. The van der Waals surface area contributed by atoms with Crippen LogP contribution in [0, 0.1) is 0 Å². The molecule has 7 nitrogen and oxygen atoms in total. The summed E-state index contributed by atoms with van der Waals surface area (Å²) in [7, 11) is -3.71. The molecule has 2 heterocycles. The van der Waals surface area contributed by atoms with E-state index in [9.17, 15) is 26.4 Å². The van der Waals surface area contributed by atoms with Gasteiger partial charge in [0.1, 0.15) is 6.54 Å². The van der Waals surface area contributed by atoms with Gasteiger partial charge in [0.15, 0.2) is 5.69 Å². The summed E-state index contributed by atoms with van der Waals surface area (Å²) in [6.07, 6.45) is -3.49. The average molecular weight is 437 g/mol. The quantitative estimate of drug-likeness (QED) is 0.735. The minimum Gasteiger partial charge on any atom is -0.338 e. The molecule has 0 bridgehead atoms. The van der Waals surface area contributed by atoms with E-state index in [1.807, 2.05) is 0 Å². The molecule has 0 N–H and O–H groups in total. The number of aromatic nitrogens is 2. The van der Waals surface area contributed by atoms with Crippen LogP contribution in [0.2, 0.25) is 5.02 Å². The van der Waals surface area contributed by atoms with E-state index in [0.29, 0.717) is 5.02 Å². The first-order valence-electron chi connectivity index (χ1n) is 8.21. The summed E-state index contributed by atoms with van der Waals surface area (Å²) in [6.45, 7) is 0.103. The van der Waals surface area contributed by atoms with Gasteiger partial charge in [-0.15, -0.1) is 0 Å². The van der Waals surface area contributed by atoms with Crippen molar-refractivity contribution in [3.63, 3.8) is 0 Å². The maximum atomic E-state index is 12.6. The lowest BCUT2D eigenvalue weighted by molar-refractivity contribution is -0.142. The second-order valence-electron chi connectivity index (χ2n) is 6.14. The van der Waals surface area contributed by atoms with Gasteiger partial charge in [-0.2, -0.15) is 22.6 Å². The molecule has 0 radical (unpaired) electrons. The molecule has 0 saturated carbocycles. The Morgan fingerprint density at radius 1 is 1.07 bits per heavy atom. The molecule has 0 unspecified atom stereocenters. The van der Waals surface area contributed by atoms with Gasteiger partial charge in [-0.25, -0.2) is 8.42 Å². The third-order valence-corrected chi connectivity index (χ3v) is 6.44. The second kappa shape index (κ2) is 7.72. The van der Waals surface area contributed by atoms with E-state index in [2.05, 4.69) is 5.10 Å². The molecule has 0 aliphatic carbocycles. The average Bonchev–Trinajstić information content (AvgIpc) is 3.11. The van der Waals surface area contributed by atoms with Crippen molar-refractivity contribution in [2.24, 2.45) is 0 Å². The fourth-order valence-corrected chi connectivity index (χ4v) is 4.32. The van der Waals surface area contributed by atoms with Crippen molar-refractivity contribution in [2.75, 3.05) is 26.2 Å². The first kappa shape index (κ1) is 20.6. The second-order valence-corrected chi connectivity index (χ2v) is 8.51. The van der Waals surface area contributed by atoms with Crippen molar-refractivity contribution in [3.8, 4) is 0 Å². The summed E-state index contributed by atoms with van der Waals surface area (Å²) in [5.41, 5.74) is -1.07. The zero-order valence-corrected chi connectivity index (χ0v) is 16.0. The van der Waals surface area contributed by atoms with Crippen LogP contribution < -0.4 is 0 Å². The Morgan fingerprint density at radius 2 is 1.68 bits per heavy atom. The van der Waals surface area contributed by atoms with Crippen LogP contribution in [0.25, 0.3) is 0 Å². The summed E-state index contributed by atoms with van der Waals surface area (Å²) in [5, 5.41) is 3.76. The Balaban J connectivity index is 1.59. The molecule has 1 aliphatic heterocycles. The number of carbonyl (C=O) groups excluding carboxylic acids is 1. The van der Waals surface area contributed by atoms with Crippen LogP contribution in [-0.2, 0) is 27.5 Å². The zero-order chi connectivity index (χ0) is 20.5. The Labute approximate surface area is 164 Å². The Bertz CT molecular complexity index is 952. The zero-order valence-electron chi connectivity index (χ0n) is 14.4. The summed E-state index contributed by atoms with van der Waals surface area (Å²) in [6, 6.07) is 6.57. The van der Waals surface area contributed by atoms with Gasteiger partial charge in [-0.1, -0.05) is 11.6 Å². The number of piperazine rings is 1.